The average Bonchev–Trinajstić information content (AvgIpc) is 2.55. The highest BCUT2D eigenvalue weighted by atomic mass is 19.1. The molecule has 2 N–H and O–H groups in total. The molecule has 5 heteroatoms. The van der Waals surface area contributed by atoms with Crippen LogP contribution in [0.15, 0.2) is 24.3 Å². The molecule has 4 nitrogen and oxygen atoms in total. The molecule has 1 saturated heterocycles. The van der Waals surface area contributed by atoms with E-state index in [1.54, 1.807) is 17.0 Å². The van der Waals surface area contributed by atoms with E-state index in [2.05, 4.69) is 0 Å². The number of hydrogen-bond acceptors (Lipinski definition) is 3. The Hall–Kier alpha value is -1.46. The number of likely N-dealkylation sites (tertiary alicyclic amines) is 1. The summed E-state index contributed by atoms with van der Waals surface area (Å²) >= 11 is 0. The zero-order valence-electron chi connectivity index (χ0n) is 14.9. The lowest BCUT2D eigenvalue weighted by Crippen LogP contribution is -2.68. The first kappa shape index (κ1) is 16.7. The van der Waals surface area contributed by atoms with Crippen molar-refractivity contribution in [1.29, 1.82) is 0 Å². The van der Waals surface area contributed by atoms with Crippen molar-refractivity contribution in [3.63, 3.8) is 0 Å². The summed E-state index contributed by atoms with van der Waals surface area (Å²) in [4.78, 5) is 14.7. The maximum atomic E-state index is 13.6. The highest BCUT2D eigenvalue weighted by molar-refractivity contribution is 5.79. The number of aliphatic hydroxyl groups excluding tert-OH is 1. The van der Waals surface area contributed by atoms with E-state index in [0.29, 0.717) is 24.9 Å². The second-order valence-corrected chi connectivity index (χ2v) is 9.18. The second kappa shape index (κ2) is 5.52. The maximum Gasteiger partial charge on any atom is 0.223 e. The van der Waals surface area contributed by atoms with Gasteiger partial charge in [-0.25, -0.2) is 4.39 Å². The first-order chi connectivity index (χ1) is 12.4. The highest BCUT2D eigenvalue weighted by Crippen LogP contribution is 2.66. The van der Waals surface area contributed by atoms with Gasteiger partial charge in [0.2, 0.25) is 5.91 Å². The minimum Gasteiger partial charge on any atom is -0.389 e. The van der Waals surface area contributed by atoms with Crippen LogP contribution in [0.25, 0.3) is 0 Å². The van der Waals surface area contributed by atoms with Gasteiger partial charge in [0.05, 0.1) is 11.7 Å². The molecule has 4 saturated carbocycles. The van der Waals surface area contributed by atoms with E-state index >= 15 is 0 Å². The number of aliphatic hydroxyl groups is 2. The van der Waals surface area contributed by atoms with Gasteiger partial charge in [0.1, 0.15) is 5.82 Å². The van der Waals surface area contributed by atoms with Crippen molar-refractivity contribution in [1.82, 2.24) is 4.90 Å². The van der Waals surface area contributed by atoms with E-state index in [1.807, 2.05) is 0 Å². The molecule has 0 aromatic heterocycles. The molecule has 0 spiro atoms. The number of carbonyl (C=O) groups excluding carboxylic acids is 1. The molecule has 5 aliphatic rings. The van der Waals surface area contributed by atoms with Gasteiger partial charge in [0.15, 0.2) is 0 Å². The Balaban J connectivity index is 1.57. The van der Waals surface area contributed by atoms with E-state index in [-0.39, 0.29) is 24.1 Å². The van der Waals surface area contributed by atoms with Crippen molar-refractivity contribution in [3.05, 3.63) is 35.6 Å². The van der Waals surface area contributed by atoms with Crippen LogP contribution in [0, 0.1) is 23.6 Å². The van der Waals surface area contributed by atoms with Gasteiger partial charge < -0.3 is 15.1 Å². The van der Waals surface area contributed by atoms with Gasteiger partial charge in [-0.2, -0.15) is 0 Å². The Labute approximate surface area is 153 Å². The van der Waals surface area contributed by atoms with Gasteiger partial charge in [0.25, 0.3) is 0 Å². The molecule has 26 heavy (non-hydrogen) atoms. The zero-order valence-corrected chi connectivity index (χ0v) is 14.9. The second-order valence-electron chi connectivity index (χ2n) is 9.18. The van der Waals surface area contributed by atoms with Gasteiger partial charge in [-0.1, -0.05) is 12.1 Å². The first-order valence-corrected chi connectivity index (χ1v) is 9.84. The molecular weight excluding hydrogens is 333 g/mol. The number of benzene rings is 1. The Bertz CT molecular complexity index is 715. The lowest BCUT2D eigenvalue weighted by atomic mass is 9.41. The minimum absolute atomic E-state index is 0.000485. The number of halogens is 1. The van der Waals surface area contributed by atoms with Gasteiger partial charge >= 0.3 is 0 Å². The Morgan fingerprint density at radius 1 is 1.12 bits per heavy atom. The predicted molar refractivity (Wildman–Crippen MR) is 93.8 cm³/mol. The fraction of sp³-hybridized carbons (Fsp3) is 0.667. The number of nitrogens with zero attached hydrogens (tertiary/aromatic N) is 1. The lowest BCUT2D eigenvalue weighted by Gasteiger charge is -2.66. The van der Waals surface area contributed by atoms with Gasteiger partial charge in [-0.15, -0.1) is 0 Å². The standard InChI is InChI=1S/C21H26FNO3/c22-17-3-1-15(2-4-17)21(10-19(25)23-11-18(24)12-23)16-6-13-5-14(7-16)9-20(21,26)8-13/h1-4,13-14,16,18,24,26H,5-12H2. The van der Waals surface area contributed by atoms with E-state index in [4.69, 9.17) is 0 Å². The van der Waals surface area contributed by atoms with E-state index in [9.17, 15) is 19.4 Å². The molecule has 5 fully saturated rings. The average molecular weight is 359 g/mol. The van der Waals surface area contributed by atoms with Crippen LogP contribution in [0.3, 0.4) is 0 Å². The maximum absolute atomic E-state index is 13.6. The van der Waals surface area contributed by atoms with Crippen LogP contribution in [0.5, 0.6) is 0 Å². The van der Waals surface area contributed by atoms with Crippen LogP contribution in [-0.4, -0.2) is 45.8 Å². The molecule has 0 radical (unpaired) electrons. The monoisotopic (exact) mass is 359 g/mol. The fourth-order valence-corrected chi connectivity index (χ4v) is 6.76. The van der Waals surface area contributed by atoms with Crippen molar-refractivity contribution in [3.8, 4) is 0 Å². The lowest BCUT2D eigenvalue weighted by molar-refractivity contribution is -0.197. The normalized spacial score (nSPS) is 41.3. The van der Waals surface area contributed by atoms with E-state index < -0.39 is 17.1 Å². The summed E-state index contributed by atoms with van der Waals surface area (Å²) < 4.78 is 13.6. The van der Waals surface area contributed by atoms with Crippen LogP contribution >= 0.6 is 0 Å². The van der Waals surface area contributed by atoms with Crippen LogP contribution in [0.2, 0.25) is 0 Å². The molecular formula is C21H26FNO3. The van der Waals surface area contributed by atoms with Crippen molar-refractivity contribution >= 4 is 5.91 Å². The summed E-state index contributed by atoms with van der Waals surface area (Å²) in [6.45, 7) is 0.763. The van der Waals surface area contributed by atoms with Crippen LogP contribution in [0.4, 0.5) is 4.39 Å². The number of rotatable bonds is 3. The summed E-state index contributed by atoms with van der Waals surface area (Å²) in [5.74, 6) is 1.07. The molecule has 4 aliphatic carbocycles. The number of hydrogen-bond donors (Lipinski definition) is 2. The highest BCUT2D eigenvalue weighted by Gasteiger charge is 2.66. The topological polar surface area (TPSA) is 60.8 Å². The predicted octanol–water partition coefficient (Wildman–Crippen LogP) is 2.23. The quantitative estimate of drug-likeness (QED) is 0.870. The number of amides is 1. The molecule has 3 atom stereocenters. The smallest absolute Gasteiger partial charge is 0.223 e. The summed E-state index contributed by atoms with van der Waals surface area (Å²) in [5, 5.41) is 21.3. The summed E-state index contributed by atoms with van der Waals surface area (Å²) in [6, 6.07) is 6.44. The fourth-order valence-electron chi connectivity index (χ4n) is 6.76. The van der Waals surface area contributed by atoms with E-state index in [1.165, 1.54) is 18.6 Å². The van der Waals surface area contributed by atoms with Crippen molar-refractivity contribution < 1.29 is 19.4 Å². The van der Waals surface area contributed by atoms with Gasteiger partial charge in [-0.3, -0.25) is 4.79 Å². The van der Waals surface area contributed by atoms with Crippen LogP contribution in [-0.2, 0) is 10.2 Å². The summed E-state index contributed by atoms with van der Waals surface area (Å²) in [6.07, 6.45) is 4.61. The van der Waals surface area contributed by atoms with Gasteiger partial charge in [-0.05, 0) is 67.6 Å². The molecule has 6 rings (SSSR count). The van der Waals surface area contributed by atoms with Crippen LogP contribution < -0.4 is 0 Å². The van der Waals surface area contributed by atoms with Crippen LogP contribution in [0.1, 0.15) is 44.1 Å². The van der Waals surface area contributed by atoms with Crippen molar-refractivity contribution in [2.24, 2.45) is 17.8 Å². The van der Waals surface area contributed by atoms with E-state index in [0.717, 1.165) is 31.2 Å². The summed E-state index contributed by atoms with van der Waals surface area (Å²) in [5.41, 5.74) is -0.621. The third-order valence-electron chi connectivity index (χ3n) is 7.69. The number of β-amino-alcohol motifs (C(OH)–C–C–N with tert-alkyl or cyclic N) is 1. The molecule has 140 valence electrons. The largest absolute Gasteiger partial charge is 0.389 e. The van der Waals surface area contributed by atoms with Crippen molar-refractivity contribution in [2.75, 3.05) is 13.1 Å². The minimum atomic E-state index is -0.890. The number of carbonyl (C=O) groups is 1. The molecule has 1 heterocycles. The molecule has 1 aromatic carbocycles. The first-order valence-electron chi connectivity index (χ1n) is 9.84. The molecule has 1 aromatic rings. The third-order valence-corrected chi connectivity index (χ3v) is 7.69. The molecule has 3 unspecified atom stereocenters. The molecule has 1 aliphatic heterocycles. The SMILES string of the molecule is O=C(CC1(c2ccc(F)cc2)C2CC3CC(C2)CC1(O)C3)N1CC(O)C1. The Morgan fingerprint density at radius 3 is 2.27 bits per heavy atom. The zero-order chi connectivity index (χ0) is 18.1. The molecule has 4 bridgehead atoms. The summed E-state index contributed by atoms with van der Waals surface area (Å²) in [7, 11) is 0. The van der Waals surface area contributed by atoms with Crippen molar-refractivity contribution in [2.45, 2.75) is 55.6 Å². The Morgan fingerprint density at radius 2 is 1.73 bits per heavy atom. The van der Waals surface area contributed by atoms with Gasteiger partial charge in [0, 0.05) is 24.9 Å². The molecule has 1 amide bonds. The Kier molecular flexibility index (Phi) is 3.55. The third kappa shape index (κ3) is 2.23.